The fourth-order valence-electron chi connectivity index (χ4n) is 3.34. The largest absolute Gasteiger partial charge is 0.383 e. The highest BCUT2D eigenvalue weighted by atomic mass is 16.5. The molecule has 0 saturated carbocycles. The molecule has 5 heteroatoms. The van der Waals surface area contributed by atoms with E-state index in [1.807, 2.05) is 9.80 Å². The van der Waals surface area contributed by atoms with Gasteiger partial charge in [-0.05, 0) is 26.7 Å². The van der Waals surface area contributed by atoms with E-state index in [1.54, 1.807) is 14.2 Å². The van der Waals surface area contributed by atoms with Crippen LogP contribution in [0.4, 0.5) is 4.79 Å². The molecule has 0 aliphatic carbocycles. The maximum atomic E-state index is 12.8. The van der Waals surface area contributed by atoms with Gasteiger partial charge in [0.2, 0.25) is 0 Å². The number of methoxy groups -OCH3 is 2. The third-order valence-corrected chi connectivity index (χ3v) is 5.23. The third kappa shape index (κ3) is 2.53. The van der Waals surface area contributed by atoms with Crippen molar-refractivity contribution in [1.82, 2.24) is 9.80 Å². The molecule has 0 aromatic carbocycles. The first-order chi connectivity index (χ1) is 9.42. The molecule has 1 heterocycles. The van der Waals surface area contributed by atoms with Crippen LogP contribution in [0, 0.1) is 0 Å². The van der Waals surface area contributed by atoms with Gasteiger partial charge in [-0.3, -0.25) is 0 Å². The molecule has 2 unspecified atom stereocenters. The summed E-state index contributed by atoms with van der Waals surface area (Å²) in [6.45, 7) is 11.1. The van der Waals surface area contributed by atoms with E-state index in [1.165, 1.54) is 0 Å². The molecule has 0 radical (unpaired) electrons. The van der Waals surface area contributed by atoms with Crippen molar-refractivity contribution in [3.63, 3.8) is 0 Å². The van der Waals surface area contributed by atoms with Crippen LogP contribution in [-0.2, 0) is 9.47 Å². The van der Waals surface area contributed by atoms with Gasteiger partial charge in [0.25, 0.3) is 0 Å². The summed E-state index contributed by atoms with van der Waals surface area (Å²) in [6.07, 6.45) is 1.85. The minimum atomic E-state index is -0.175. The highest BCUT2D eigenvalue weighted by Crippen LogP contribution is 2.45. The Morgan fingerprint density at radius 2 is 1.25 bits per heavy atom. The monoisotopic (exact) mass is 286 g/mol. The number of urea groups is 1. The van der Waals surface area contributed by atoms with Gasteiger partial charge < -0.3 is 19.3 Å². The van der Waals surface area contributed by atoms with Crippen molar-refractivity contribution in [1.29, 1.82) is 0 Å². The van der Waals surface area contributed by atoms with Gasteiger partial charge >= 0.3 is 6.03 Å². The molecule has 20 heavy (non-hydrogen) atoms. The number of nitrogens with zero attached hydrogens (tertiary/aromatic N) is 2. The summed E-state index contributed by atoms with van der Waals surface area (Å²) in [5.74, 6) is 0. The first-order valence-corrected chi connectivity index (χ1v) is 7.50. The maximum Gasteiger partial charge on any atom is 0.321 e. The van der Waals surface area contributed by atoms with Crippen LogP contribution >= 0.6 is 0 Å². The Balaban J connectivity index is 3.11. The van der Waals surface area contributed by atoms with Gasteiger partial charge in [0, 0.05) is 27.3 Å². The molecule has 0 aromatic heterocycles. The van der Waals surface area contributed by atoms with Crippen LogP contribution in [0.1, 0.15) is 40.5 Å². The number of carbonyl (C=O) groups excluding carboxylic acids is 1. The van der Waals surface area contributed by atoms with E-state index in [-0.39, 0.29) is 17.1 Å². The SMILES string of the molecule is CCC1(C)N(CCOC)C(=O)N(CCOC)C1(C)CC. The smallest absolute Gasteiger partial charge is 0.321 e. The number of carbonyl (C=O) groups is 1. The van der Waals surface area contributed by atoms with E-state index < -0.39 is 0 Å². The Hall–Kier alpha value is -0.810. The second-order valence-corrected chi connectivity index (χ2v) is 5.83. The number of hydrogen-bond donors (Lipinski definition) is 0. The lowest BCUT2D eigenvalue weighted by atomic mass is 9.75. The molecule has 1 saturated heterocycles. The first kappa shape index (κ1) is 17.2. The summed E-state index contributed by atoms with van der Waals surface area (Å²) in [4.78, 5) is 16.8. The summed E-state index contributed by atoms with van der Waals surface area (Å²) in [5.41, 5.74) is -0.351. The zero-order valence-corrected chi connectivity index (χ0v) is 13.9. The van der Waals surface area contributed by atoms with Crippen molar-refractivity contribution >= 4 is 6.03 Å². The number of hydrogen-bond acceptors (Lipinski definition) is 3. The Morgan fingerprint density at radius 3 is 1.50 bits per heavy atom. The summed E-state index contributed by atoms with van der Waals surface area (Å²) < 4.78 is 10.3. The Morgan fingerprint density at radius 1 is 0.900 bits per heavy atom. The Labute approximate surface area is 123 Å². The molecule has 1 fully saturated rings. The highest BCUT2D eigenvalue weighted by Gasteiger charge is 2.59. The predicted molar refractivity (Wildman–Crippen MR) is 80.0 cm³/mol. The third-order valence-electron chi connectivity index (χ3n) is 5.23. The summed E-state index contributed by atoms with van der Waals surface area (Å²) in [6, 6.07) is 0.104. The van der Waals surface area contributed by atoms with Gasteiger partial charge in [0.1, 0.15) is 0 Å². The van der Waals surface area contributed by atoms with Crippen LogP contribution in [0.2, 0.25) is 0 Å². The van der Waals surface area contributed by atoms with Crippen LogP contribution in [0.5, 0.6) is 0 Å². The second kappa shape index (κ2) is 6.76. The quantitative estimate of drug-likeness (QED) is 0.688. The van der Waals surface area contributed by atoms with Gasteiger partial charge in [-0.1, -0.05) is 13.8 Å². The normalized spacial score (nSPS) is 30.4. The average Bonchev–Trinajstić information content (AvgIpc) is 2.61. The van der Waals surface area contributed by atoms with Crippen molar-refractivity contribution in [2.75, 3.05) is 40.5 Å². The summed E-state index contributed by atoms with van der Waals surface area (Å²) in [7, 11) is 3.34. The van der Waals surface area contributed by atoms with E-state index in [0.29, 0.717) is 26.3 Å². The van der Waals surface area contributed by atoms with Crippen molar-refractivity contribution in [2.45, 2.75) is 51.6 Å². The zero-order valence-electron chi connectivity index (χ0n) is 13.9. The Kier molecular flexibility index (Phi) is 5.83. The molecular formula is C15H30N2O3. The van der Waals surface area contributed by atoms with E-state index in [2.05, 4.69) is 27.7 Å². The fraction of sp³-hybridized carbons (Fsp3) is 0.933. The van der Waals surface area contributed by atoms with Gasteiger partial charge in [-0.2, -0.15) is 0 Å². The molecule has 0 aromatic rings. The van der Waals surface area contributed by atoms with Crippen LogP contribution in [0.25, 0.3) is 0 Å². The minimum Gasteiger partial charge on any atom is -0.383 e. The van der Waals surface area contributed by atoms with Crippen molar-refractivity contribution < 1.29 is 14.3 Å². The van der Waals surface area contributed by atoms with Gasteiger partial charge in [0.15, 0.2) is 0 Å². The van der Waals surface area contributed by atoms with Crippen LogP contribution in [0.15, 0.2) is 0 Å². The van der Waals surface area contributed by atoms with Crippen molar-refractivity contribution in [2.24, 2.45) is 0 Å². The van der Waals surface area contributed by atoms with E-state index >= 15 is 0 Å². The number of ether oxygens (including phenoxy) is 2. The molecule has 1 aliphatic heterocycles. The molecule has 0 bridgehead atoms. The van der Waals surface area contributed by atoms with Crippen LogP contribution in [0.3, 0.4) is 0 Å². The number of amides is 2. The van der Waals surface area contributed by atoms with Crippen LogP contribution < -0.4 is 0 Å². The number of rotatable bonds is 8. The summed E-state index contributed by atoms with van der Waals surface area (Å²) >= 11 is 0. The Bertz CT molecular complexity index is 307. The molecule has 5 nitrogen and oxygen atoms in total. The average molecular weight is 286 g/mol. The molecule has 2 atom stereocenters. The molecule has 1 aliphatic rings. The standard InChI is InChI=1S/C15H30N2O3/c1-7-14(3)15(4,8-2)17(10-12-20-6)13(18)16(14)9-11-19-5/h7-12H2,1-6H3. The molecule has 2 amide bonds. The predicted octanol–water partition coefficient (Wildman–Crippen LogP) is 2.35. The minimum absolute atomic E-state index is 0.104. The van der Waals surface area contributed by atoms with E-state index in [4.69, 9.17) is 9.47 Å². The molecule has 118 valence electrons. The van der Waals surface area contributed by atoms with Gasteiger partial charge in [0.05, 0.1) is 24.3 Å². The van der Waals surface area contributed by atoms with Gasteiger partial charge in [-0.15, -0.1) is 0 Å². The lowest BCUT2D eigenvalue weighted by Gasteiger charge is -2.46. The zero-order chi connectivity index (χ0) is 15.4. The van der Waals surface area contributed by atoms with Crippen LogP contribution in [-0.4, -0.2) is 67.4 Å². The van der Waals surface area contributed by atoms with Crippen molar-refractivity contribution in [3.05, 3.63) is 0 Å². The lowest BCUT2D eigenvalue weighted by Crippen LogP contribution is -2.58. The fourth-order valence-corrected chi connectivity index (χ4v) is 3.34. The first-order valence-electron chi connectivity index (χ1n) is 7.50. The van der Waals surface area contributed by atoms with Gasteiger partial charge in [-0.25, -0.2) is 4.79 Å². The topological polar surface area (TPSA) is 42.0 Å². The van der Waals surface area contributed by atoms with E-state index in [0.717, 1.165) is 12.8 Å². The molecule has 1 rings (SSSR count). The maximum absolute atomic E-state index is 12.8. The highest BCUT2D eigenvalue weighted by molar-refractivity contribution is 5.80. The molecule has 0 N–H and O–H groups in total. The lowest BCUT2D eigenvalue weighted by molar-refractivity contribution is 0.0464. The van der Waals surface area contributed by atoms with Crippen molar-refractivity contribution in [3.8, 4) is 0 Å². The molecular weight excluding hydrogens is 256 g/mol. The van der Waals surface area contributed by atoms with E-state index in [9.17, 15) is 4.79 Å². The molecule has 0 spiro atoms. The summed E-state index contributed by atoms with van der Waals surface area (Å²) in [5, 5.41) is 0. The second-order valence-electron chi connectivity index (χ2n) is 5.83.